The van der Waals surface area contributed by atoms with Crippen molar-refractivity contribution in [2.75, 3.05) is 5.32 Å². The molecule has 1 aliphatic carbocycles. The van der Waals surface area contributed by atoms with Crippen molar-refractivity contribution < 1.29 is 0 Å². The minimum absolute atomic E-state index is 0.215. The van der Waals surface area contributed by atoms with Crippen molar-refractivity contribution in [2.24, 2.45) is 5.10 Å². The Labute approximate surface area is 153 Å². The second-order valence-electron chi connectivity index (χ2n) is 7.39. The van der Waals surface area contributed by atoms with E-state index < -0.39 is 0 Å². The average Bonchev–Trinajstić information content (AvgIpc) is 2.85. The summed E-state index contributed by atoms with van der Waals surface area (Å²) in [5.41, 5.74) is 7.43. The van der Waals surface area contributed by atoms with Gasteiger partial charge in [-0.1, -0.05) is 50.0 Å². The number of hydrogen-bond donors (Lipinski definition) is 2. The lowest BCUT2D eigenvalue weighted by Crippen LogP contribution is -2.33. The summed E-state index contributed by atoms with van der Waals surface area (Å²) in [5.74, 6) is 0. The lowest BCUT2D eigenvalue weighted by Gasteiger charge is -2.20. The molecule has 1 unspecified atom stereocenters. The first-order valence-electron chi connectivity index (χ1n) is 10.2. The second-order valence-corrected chi connectivity index (χ2v) is 7.39. The third kappa shape index (κ3) is 6.22. The van der Waals surface area contributed by atoms with Crippen LogP contribution in [0, 0.1) is 0 Å². The molecule has 0 radical (unpaired) electrons. The van der Waals surface area contributed by atoms with Crippen molar-refractivity contribution >= 4 is 11.4 Å². The van der Waals surface area contributed by atoms with E-state index in [9.17, 15) is 0 Å². The van der Waals surface area contributed by atoms with E-state index in [2.05, 4.69) is 47.2 Å². The van der Waals surface area contributed by atoms with Gasteiger partial charge in [-0.05, 0) is 69.1 Å². The summed E-state index contributed by atoms with van der Waals surface area (Å²) in [7, 11) is 0. The number of nitrogens with one attached hydrogen (secondary N) is 2. The Hall–Kier alpha value is -1.77. The van der Waals surface area contributed by atoms with Gasteiger partial charge in [-0.3, -0.25) is 5.43 Å². The fraction of sp³-hybridized carbons (Fsp3) is 0.591. The van der Waals surface area contributed by atoms with Crippen LogP contribution in [0.4, 0.5) is 5.69 Å². The van der Waals surface area contributed by atoms with Gasteiger partial charge in [0.05, 0.1) is 5.71 Å². The van der Waals surface area contributed by atoms with Gasteiger partial charge < -0.3 is 5.32 Å². The molecule has 1 aromatic carbocycles. The van der Waals surface area contributed by atoms with Crippen LogP contribution in [-0.2, 0) is 0 Å². The van der Waals surface area contributed by atoms with Crippen LogP contribution in [0.1, 0.15) is 77.0 Å². The average molecular weight is 340 g/mol. The van der Waals surface area contributed by atoms with Crippen LogP contribution < -0.4 is 10.7 Å². The largest absolute Gasteiger partial charge is 0.364 e. The van der Waals surface area contributed by atoms with E-state index >= 15 is 0 Å². The van der Waals surface area contributed by atoms with Crippen LogP contribution in [0.25, 0.3) is 0 Å². The Kier molecular flexibility index (Phi) is 7.41. The zero-order valence-electron chi connectivity index (χ0n) is 15.5. The van der Waals surface area contributed by atoms with Crippen LogP contribution in [0.15, 0.2) is 47.1 Å². The minimum Gasteiger partial charge on any atom is -0.364 e. The maximum atomic E-state index is 4.88. The second kappa shape index (κ2) is 10.3. The highest BCUT2D eigenvalue weighted by Crippen LogP contribution is 2.21. The fourth-order valence-electron chi connectivity index (χ4n) is 3.80. The number of rotatable bonds is 3. The number of para-hydroxylation sites is 1. The predicted octanol–water partition coefficient (Wildman–Crippen LogP) is 6.01. The molecule has 0 amide bonds. The van der Waals surface area contributed by atoms with E-state index in [1.54, 1.807) is 0 Å². The quantitative estimate of drug-likeness (QED) is 0.708. The highest BCUT2D eigenvalue weighted by Gasteiger charge is 2.14. The van der Waals surface area contributed by atoms with Gasteiger partial charge in [0.15, 0.2) is 0 Å². The Bertz CT molecular complexity index is 562. The molecule has 0 aromatic heterocycles. The first kappa shape index (κ1) is 18.0. The topological polar surface area (TPSA) is 36.4 Å². The van der Waals surface area contributed by atoms with Crippen molar-refractivity contribution in [1.82, 2.24) is 5.43 Å². The first-order valence-corrected chi connectivity index (χ1v) is 10.2. The summed E-state index contributed by atoms with van der Waals surface area (Å²) in [4.78, 5) is 0. The summed E-state index contributed by atoms with van der Waals surface area (Å²) in [6.45, 7) is 0. The molecule has 0 saturated heterocycles. The highest BCUT2D eigenvalue weighted by atomic mass is 15.4. The minimum atomic E-state index is 0.215. The molecule has 2 N–H and O–H groups in total. The Morgan fingerprint density at radius 1 is 0.840 bits per heavy atom. The molecule has 1 aliphatic heterocycles. The predicted molar refractivity (Wildman–Crippen MR) is 108 cm³/mol. The Morgan fingerprint density at radius 2 is 1.60 bits per heavy atom. The molecule has 25 heavy (non-hydrogen) atoms. The molecule has 3 nitrogen and oxygen atoms in total. The van der Waals surface area contributed by atoms with Crippen molar-refractivity contribution in [3.63, 3.8) is 0 Å². The maximum absolute atomic E-state index is 4.88. The summed E-state index contributed by atoms with van der Waals surface area (Å²) >= 11 is 0. The van der Waals surface area contributed by atoms with Gasteiger partial charge >= 0.3 is 0 Å². The van der Waals surface area contributed by atoms with Crippen LogP contribution in [0.3, 0.4) is 0 Å². The van der Waals surface area contributed by atoms with E-state index in [4.69, 9.17) is 5.10 Å². The summed E-state index contributed by atoms with van der Waals surface area (Å²) < 4.78 is 0. The number of nitrogens with zero attached hydrogens (tertiary/aromatic N) is 1. The molecular formula is C22H33N3. The molecular weight excluding hydrogens is 306 g/mol. The summed E-state index contributed by atoms with van der Waals surface area (Å²) in [6.07, 6.45) is 18.0. The number of hydrogen-bond acceptors (Lipinski definition) is 3. The molecule has 1 aromatic rings. The highest BCUT2D eigenvalue weighted by molar-refractivity contribution is 5.99. The van der Waals surface area contributed by atoms with Crippen molar-refractivity contribution in [2.45, 2.75) is 83.2 Å². The number of hydrazone groups is 1. The summed E-state index contributed by atoms with van der Waals surface area (Å²) in [6, 6.07) is 10.5. The molecule has 1 heterocycles. The molecule has 2 aliphatic rings. The standard InChI is InChI=1S/C22H33N3/c1-2-4-8-14-19(13-7-3-1)21-17-11-6-12-18-22(25-24-21)23-20-15-9-5-10-16-20/h5,9-10,13,15-16,22-23,25H,1-4,6-8,11-12,14,17-18H2/b19-13+,24-21+. The SMILES string of the molecule is C1=C(/C2=N/NC(Nc3ccccc3)CCCCC2)CCCCCCC/1. The van der Waals surface area contributed by atoms with Gasteiger partial charge in [0.1, 0.15) is 6.17 Å². The van der Waals surface area contributed by atoms with Crippen LogP contribution in [-0.4, -0.2) is 11.9 Å². The summed E-state index contributed by atoms with van der Waals surface area (Å²) in [5, 5.41) is 8.48. The molecule has 1 atom stereocenters. The molecule has 3 heteroatoms. The van der Waals surface area contributed by atoms with Crippen molar-refractivity contribution in [3.05, 3.63) is 42.0 Å². The normalized spacial score (nSPS) is 27.4. The van der Waals surface area contributed by atoms with E-state index in [0.29, 0.717) is 0 Å². The van der Waals surface area contributed by atoms with Gasteiger partial charge in [0.25, 0.3) is 0 Å². The maximum Gasteiger partial charge on any atom is 0.113 e. The van der Waals surface area contributed by atoms with E-state index in [-0.39, 0.29) is 6.17 Å². The molecule has 3 rings (SSSR count). The number of benzene rings is 1. The van der Waals surface area contributed by atoms with E-state index in [0.717, 1.165) is 18.5 Å². The van der Waals surface area contributed by atoms with E-state index in [1.165, 1.54) is 75.5 Å². The molecule has 136 valence electrons. The molecule has 0 saturated carbocycles. The van der Waals surface area contributed by atoms with Crippen LogP contribution in [0.2, 0.25) is 0 Å². The van der Waals surface area contributed by atoms with Gasteiger partial charge in [0.2, 0.25) is 0 Å². The zero-order valence-corrected chi connectivity index (χ0v) is 15.5. The van der Waals surface area contributed by atoms with Crippen molar-refractivity contribution in [3.8, 4) is 0 Å². The van der Waals surface area contributed by atoms with Crippen molar-refractivity contribution in [1.29, 1.82) is 0 Å². The third-order valence-corrected chi connectivity index (χ3v) is 5.29. The number of allylic oxidation sites excluding steroid dienone is 2. The smallest absolute Gasteiger partial charge is 0.113 e. The number of anilines is 1. The first-order chi connectivity index (χ1) is 12.4. The lowest BCUT2D eigenvalue weighted by atomic mass is 9.98. The third-order valence-electron chi connectivity index (χ3n) is 5.29. The molecule has 0 spiro atoms. The van der Waals surface area contributed by atoms with Gasteiger partial charge in [0, 0.05) is 5.69 Å². The van der Waals surface area contributed by atoms with Crippen LogP contribution in [0.5, 0.6) is 0 Å². The lowest BCUT2D eigenvalue weighted by molar-refractivity contribution is 0.519. The Morgan fingerprint density at radius 3 is 2.52 bits per heavy atom. The van der Waals surface area contributed by atoms with Gasteiger partial charge in [-0.2, -0.15) is 5.10 Å². The monoisotopic (exact) mass is 339 g/mol. The van der Waals surface area contributed by atoms with Crippen LogP contribution >= 0.6 is 0 Å². The van der Waals surface area contributed by atoms with Gasteiger partial charge in [-0.15, -0.1) is 0 Å². The van der Waals surface area contributed by atoms with E-state index in [1.807, 2.05) is 0 Å². The van der Waals surface area contributed by atoms with Gasteiger partial charge in [-0.25, -0.2) is 0 Å². The molecule has 0 fully saturated rings. The fourth-order valence-corrected chi connectivity index (χ4v) is 3.80. The molecule has 0 bridgehead atoms. The Balaban J connectivity index is 1.68. The zero-order chi connectivity index (χ0) is 17.2.